The Kier molecular flexibility index (Phi) is 10.00. The van der Waals surface area contributed by atoms with Crippen LogP contribution in [0, 0.1) is 5.41 Å². The van der Waals surface area contributed by atoms with Crippen molar-refractivity contribution in [2.45, 2.75) is 44.9 Å². The Morgan fingerprint density at radius 1 is 1.19 bits per heavy atom. The quantitative estimate of drug-likeness (QED) is 0.406. The lowest BCUT2D eigenvalue weighted by Crippen LogP contribution is -2.26. The van der Waals surface area contributed by atoms with Crippen LogP contribution in [0.25, 0.3) is 0 Å². The lowest BCUT2D eigenvalue weighted by molar-refractivity contribution is -0.153. The summed E-state index contributed by atoms with van der Waals surface area (Å²) in [4.78, 5) is 12.0. The van der Waals surface area contributed by atoms with Gasteiger partial charge in [-0.3, -0.25) is 4.79 Å². The first-order valence-electron chi connectivity index (χ1n) is 8.69. The lowest BCUT2D eigenvalue weighted by atomic mass is 9.88. The van der Waals surface area contributed by atoms with Crippen LogP contribution >= 0.6 is 23.4 Å². The van der Waals surface area contributed by atoms with Gasteiger partial charge in [-0.05, 0) is 75.8 Å². The van der Waals surface area contributed by atoms with Gasteiger partial charge in [-0.2, -0.15) is 11.8 Å². The Labute approximate surface area is 166 Å². The van der Waals surface area contributed by atoms with Crippen molar-refractivity contribution in [3.05, 3.63) is 29.3 Å². The summed E-state index contributed by atoms with van der Waals surface area (Å²) in [6.07, 6.45) is 2.45. The van der Waals surface area contributed by atoms with Crippen LogP contribution in [-0.4, -0.2) is 39.0 Å². The fraction of sp³-hybridized carbons (Fsp3) is 0.611. The Bertz CT molecular complexity index is 660. The molecule has 0 atom stereocenters. The molecule has 0 radical (unpaired) electrons. The van der Waals surface area contributed by atoms with Gasteiger partial charge >= 0.3 is 5.97 Å². The highest BCUT2D eigenvalue weighted by atomic mass is 35.5. The zero-order valence-corrected chi connectivity index (χ0v) is 18.0. The van der Waals surface area contributed by atoms with Crippen LogP contribution in [0.4, 0.5) is 0 Å². The molecule has 0 aliphatic carbocycles. The second-order valence-corrected chi connectivity index (χ2v) is 9.95. The molecule has 5 nitrogen and oxygen atoms in total. The van der Waals surface area contributed by atoms with Gasteiger partial charge in [-0.1, -0.05) is 11.6 Å². The number of benzene rings is 1. The second-order valence-electron chi connectivity index (χ2n) is 6.53. The van der Waals surface area contributed by atoms with Crippen molar-refractivity contribution in [3.8, 4) is 0 Å². The molecule has 0 heterocycles. The first-order chi connectivity index (χ1) is 12.2. The van der Waals surface area contributed by atoms with E-state index in [0.29, 0.717) is 18.2 Å². The minimum atomic E-state index is -3.48. The molecule has 0 saturated heterocycles. The van der Waals surface area contributed by atoms with Crippen molar-refractivity contribution in [3.63, 3.8) is 0 Å². The van der Waals surface area contributed by atoms with Gasteiger partial charge in [0.1, 0.15) is 0 Å². The minimum absolute atomic E-state index is 0.151. The summed E-state index contributed by atoms with van der Waals surface area (Å²) >= 11 is 7.53. The van der Waals surface area contributed by atoms with E-state index in [0.717, 1.165) is 30.8 Å². The number of ether oxygens (including phenoxy) is 1. The number of thioether (sulfide) groups is 1. The number of sulfonamides is 1. The maximum atomic E-state index is 12.1. The summed E-state index contributed by atoms with van der Waals surface area (Å²) in [6.45, 7) is 6.42. The van der Waals surface area contributed by atoms with E-state index in [1.807, 2.05) is 20.8 Å². The molecule has 0 aliphatic heterocycles. The van der Waals surface area contributed by atoms with Crippen molar-refractivity contribution in [1.82, 2.24) is 4.72 Å². The summed E-state index contributed by atoms with van der Waals surface area (Å²) in [5.74, 6) is 1.65. The zero-order chi connectivity index (χ0) is 19.6. The Morgan fingerprint density at radius 3 is 2.42 bits per heavy atom. The van der Waals surface area contributed by atoms with Crippen LogP contribution in [0.2, 0.25) is 5.02 Å². The number of esters is 1. The first kappa shape index (κ1) is 23.3. The molecule has 0 saturated carbocycles. The molecule has 148 valence electrons. The second kappa shape index (κ2) is 11.2. The van der Waals surface area contributed by atoms with E-state index in [1.165, 1.54) is 12.1 Å². The number of hydrogen-bond donors (Lipinski definition) is 1. The maximum Gasteiger partial charge on any atom is 0.311 e. The van der Waals surface area contributed by atoms with Crippen LogP contribution in [0.1, 0.15) is 40.0 Å². The molecule has 1 rings (SSSR count). The molecule has 0 unspecified atom stereocenters. The van der Waals surface area contributed by atoms with Gasteiger partial charge < -0.3 is 4.74 Å². The normalized spacial score (nSPS) is 12.2. The van der Waals surface area contributed by atoms with E-state index in [9.17, 15) is 13.2 Å². The third-order valence-corrected chi connectivity index (χ3v) is 6.68. The summed E-state index contributed by atoms with van der Waals surface area (Å²) < 4.78 is 31.9. The van der Waals surface area contributed by atoms with Gasteiger partial charge in [0.15, 0.2) is 0 Å². The molecule has 0 aliphatic rings. The number of carbonyl (C=O) groups is 1. The predicted octanol–water partition coefficient (Wildman–Crippen LogP) is 4.11. The summed E-state index contributed by atoms with van der Waals surface area (Å²) in [5, 5.41) is 0.506. The molecule has 0 aromatic heterocycles. The molecule has 0 amide bonds. The topological polar surface area (TPSA) is 72.5 Å². The number of hydrogen-bond acceptors (Lipinski definition) is 5. The molecular formula is C18H28ClNO4S2. The smallest absolute Gasteiger partial charge is 0.311 e. The molecule has 1 aromatic rings. The third-order valence-electron chi connectivity index (χ3n) is 3.80. The predicted molar refractivity (Wildman–Crippen MR) is 108 cm³/mol. The molecule has 0 fully saturated rings. The largest absolute Gasteiger partial charge is 0.466 e. The highest BCUT2D eigenvalue weighted by Crippen LogP contribution is 2.25. The zero-order valence-electron chi connectivity index (χ0n) is 15.6. The molecule has 0 spiro atoms. The van der Waals surface area contributed by atoms with Crippen molar-refractivity contribution >= 4 is 39.4 Å². The van der Waals surface area contributed by atoms with E-state index < -0.39 is 15.4 Å². The van der Waals surface area contributed by atoms with Crippen molar-refractivity contribution in [2.75, 3.05) is 24.7 Å². The van der Waals surface area contributed by atoms with Gasteiger partial charge in [0.2, 0.25) is 10.0 Å². The van der Waals surface area contributed by atoms with E-state index in [1.54, 1.807) is 23.9 Å². The monoisotopic (exact) mass is 421 g/mol. The number of nitrogens with one attached hydrogen (secondary N) is 1. The van der Waals surface area contributed by atoms with Gasteiger partial charge in [0.05, 0.1) is 16.9 Å². The maximum absolute atomic E-state index is 12.1. The SMILES string of the molecule is CCOC(=O)C(C)(C)CCCSCCCNS(=O)(=O)c1ccc(Cl)cc1. The highest BCUT2D eigenvalue weighted by Gasteiger charge is 2.28. The Morgan fingerprint density at radius 2 is 1.81 bits per heavy atom. The lowest BCUT2D eigenvalue weighted by Gasteiger charge is -2.21. The van der Waals surface area contributed by atoms with Gasteiger partial charge in [0.25, 0.3) is 0 Å². The Balaban J connectivity index is 2.17. The first-order valence-corrected chi connectivity index (χ1v) is 11.7. The fourth-order valence-electron chi connectivity index (χ4n) is 2.22. The van der Waals surface area contributed by atoms with E-state index >= 15 is 0 Å². The van der Waals surface area contributed by atoms with Crippen molar-refractivity contribution in [2.24, 2.45) is 5.41 Å². The van der Waals surface area contributed by atoms with Gasteiger partial charge in [-0.15, -0.1) is 0 Å². The molecular weight excluding hydrogens is 394 g/mol. The summed E-state index contributed by atoms with van der Waals surface area (Å²) in [7, 11) is -3.48. The van der Waals surface area contributed by atoms with E-state index in [4.69, 9.17) is 16.3 Å². The molecule has 8 heteroatoms. The molecule has 26 heavy (non-hydrogen) atoms. The average Bonchev–Trinajstić information content (AvgIpc) is 2.57. The Hall–Kier alpha value is -0.760. The average molecular weight is 422 g/mol. The van der Waals surface area contributed by atoms with Crippen molar-refractivity contribution in [1.29, 1.82) is 0 Å². The number of rotatable bonds is 12. The molecule has 1 aromatic carbocycles. The summed E-state index contributed by atoms with van der Waals surface area (Å²) in [6, 6.07) is 6.10. The van der Waals surface area contributed by atoms with Crippen molar-refractivity contribution < 1.29 is 17.9 Å². The number of carbonyl (C=O) groups excluding carboxylic acids is 1. The highest BCUT2D eigenvalue weighted by molar-refractivity contribution is 7.99. The summed E-state index contributed by atoms with van der Waals surface area (Å²) in [5.41, 5.74) is -0.454. The van der Waals surface area contributed by atoms with Crippen LogP contribution in [-0.2, 0) is 19.6 Å². The minimum Gasteiger partial charge on any atom is -0.466 e. The number of halogens is 1. The fourth-order valence-corrected chi connectivity index (χ4v) is 4.33. The molecule has 1 N–H and O–H groups in total. The molecule has 0 bridgehead atoms. The van der Waals surface area contributed by atoms with Gasteiger partial charge in [0, 0.05) is 11.6 Å². The standard InChI is InChI=1S/C18H28ClNO4S2/c1-4-24-17(21)18(2,3)11-5-13-25-14-6-12-20-26(22,23)16-9-7-15(19)8-10-16/h7-10,20H,4-6,11-14H2,1-3H3. The van der Waals surface area contributed by atoms with E-state index in [-0.39, 0.29) is 10.9 Å². The van der Waals surface area contributed by atoms with Crippen LogP contribution in [0.15, 0.2) is 29.2 Å². The van der Waals surface area contributed by atoms with E-state index in [2.05, 4.69) is 4.72 Å². The van der Waals surface area contributed by atoms with Crippen LogP contribution in [0.3, 0.4) is 0 Å². The third kappa shape index (κ3) is 8.29. The van der Waals surface area contributed by atoms with Crippen LogP contribution in [0.5, 0.6) is 0 Å². The van der Waals surface area contributed by atoms with Gasteiger partial charge in [-0.25, -0.2) is 13.1 Å². The van der Waals surface area contributed by atoms with Crippen LogP contribution < -0.4 is 4.72 Å².